The van der Waals surface area contributed by atoms with Gasteiger partial charge >= 0.3 is 0 Å². The number of carbonyl (C=O) groups excluding carboxylic acids is 1. The first kappa shape index (κ1) is 13.3. The standard InChI is InChI=1S/C13H18N4O2/c1-4-5-6-16(3)13(19)10-8-14-17-11(18)7-9(2)15-12(10)17/h7-8,14H,4-6H2,1-3H3. The molecule has 1 N–H and O–H groups in total. The Hall–Kier alpha value is -2.11. The first-order chi connectivity index (χ1) is 9.04. The van der Waals surface area contributed by atoms with Crippen molar-refractivity contribution in [3.8, 4) is 0 Å². The fourth-order valence-electron chi connectivity index (χ4n) is 1.96. The van der Waals surface area contributed by atoms with Gasteiger partial charge in [0.1, 0.15) is 5.56 Å². The molecule has 1 amide bonds. The van der Waals surface area contributed by atoms with E-state index in [2.05, 4.69) is 17.0 Å². The molecule has 2 aromatic rings. The summed E-state index contributed by atoms with van der Waals surface area (Å²) in [7, 11) is 1.76. The number of unbranched alkanes of at least 4 members (excludes halogenated alkanes) is 1. The second-order valence-corrected chi connectivity index (χ2v) is 4.66. The molecule has 0 fully saturated rings. The highest BCUT2D eigenvalue weighted by Crippen LogP contribution is 2.09. The van der Waals surface area contributed by atoms with E-state index in [1.54, 1.807) is 18.9 Å². The van der Waals surface area contributed by atoms with Gasteiger partial charge in [-0.15, -0.1) is 0 Å². The van der Waals surface area contributed by atoms with Crippen molar-refractivity contribution in [2.45, 2.75) is 26.7 Å². The van der Waals surface area contributed by atoms with Crippen LogP contribution in [-0.2, 0) is 0 Å². The number of hydrogen-bond donors (Lipinski definition) is 1. The Morgan fingerprint density at radius 3 is 2.95 bits per heavy atom. The monoisotopic (exact) mass is 262 g/mol. The number of aromatic nitrogens is 3. The molecule has 102 valence electrons. The van der Waals surface area contributed by atoms with Crippen LogP contribution >= 0.6 is 0 Å². The van der Waals surface area contributed by atoms with Crippen LogP contribution in [0.4, 0.5) is 0 Å². The summed E-state index contributed by atoms with van der Waals surface area (Å²) in [6.45, 7) is 4.51. The van der Waals surface area contributed by atoms with Crippen LogP contribution in [0.25, 0.3) is 5.65 Å². The Labute approximate surface area is 111 Å². The van der Waals surface area contributed by atoms with Crippen molar-refractivity contribution in [2.75, 3.05) is 13.6 Å². The van der Waals surface area contributed by atoms with Gasteiger partial charge in [-0.3, -0.25) is 14.7 Å². The fourth-order valence-corrected chi connectivity index (χ4v) is 1.96. The van der Waals surface area contributed by atoms with E-state index in [9.17, 15) is 9.59 Å². The lowest BCUT2D eigenvalue weighted by atomic mass is 10.2. The van der Waals surface area contributed by atoms with Gasteiger partial charge in [0.2, 0.25) is 0 Å². The first-order valence-corrected chi connectivity index (χ1v) is 6.38. The molecule has 0 saturated heterocycles. The molecule has 0 aliphatic carbocycles. The number of hydrogen-bond acceptors (Lipinski definition) is 3. The number of H-pyrrole nitrogens is 1. The number of fused-ring (bicyclic) bond motifs is 1. The number of nitrogens with one attached hydrogen (secondary N) is 1. The minimum Gasteiger partial charge on any atom is -0.342 e. The molecule has 0 spiro atoms. The van der Waals surface area contributed by atoms with Crippen molar-refractivity contribution in [2.24, 2.45) is 0 Å². The molecule has 6 nitrogen and oxygen atoms in total. The number of rotatable bonds is 4. The van der Waals surface area contributed by atoms with Gasteiger partial charge in [-0.05, 0) is 13.3 Å². The van der Waals surface area contributed by atoms with Crippen LogP contribution in [0.2, 0.25) is 0 Å². The Balaban J connectivity index is 2.40. The maximum atomic E-state index is 12.3. The zero-order chi connectivity index (χ0) is 14.0. The third kappa shape index (κ3) is 2.52. The SMILES string of the molecule is CCCCN(C)C(=O)c1c[nH]n2c(=O)cc(C)nc12. The van der Waals surface area contributed by atoms with E-state index in [4.69, 9.17) is 0 Å². The summed E-state index contributed by atoms with van der Waals surface area (Å²) in [5.74, 6) is -0.121. The second-order valence-electron chi connectivity index (χ2n) is 4.66. The van der Waals surface area contributed by atoms with Crippen LogP contribution in [0.5, 0.6) is 0 Å². The van der Waals surface area contributed by atoms with Crippen LogP contribution in [0.1, 0.15) is 35.8 Å². The van der Waals surface area contributed by atoms with Crippen molar-refractivity contribution in [3.63, 3.8) is 0 Å². The van der Waals surface area contributed by atoms with E-state index in [1.165, 1.54) is 16.8 Å². The topological polar surface area (TPSA) is 70.5 Å². The minimum atomic E-state index is -0.210. The average Bonchev–Trinajstić information content (AvgIpc) is 2.78. The quantitative estimate of drug-likeness (QED) is 0.900. The number of nitrogens with zero attached hydrogens (tertiary/aromatic N) is 3. The molecule has 2 aromatic heterocycles. The van der Waals surface area contributed by atoms with Crippen LogP contribution < -0.4 is 5.56 Å². The zero-order valence-corrected chi connectivity index (χ0v) is 11.4. The summed E-state index contributed by atoms with van der Waals surface area (Å²) >= 11 is 0. The second kappa shape index (κ2) is 5.26. The van der Waals surface area contributed by atoms with Crippen molar-refractivity contribution in [1.82, 2.24) is 19.5 Å². The molecule has 0 atom stereocenters. The van der Waals surface area contributed by atoms with E-state index < -0.39 is 0 Å². The maximum absolute atomic E-state index is 12.3. The Morgan fingerprint density at radius 1 is 1.53 bits per heavy atom. The summed E-state index contributed by atoms with van der Waals surface area (Å²) in [4.78, 5) is 30.0. The van der Waals surface area contributed by atoms with Crippen LogP contribution in [0, 0.1) is 6.92 Å². The van der Waals surface area contributed by atoms with Crippen LogP contribution in [0.3, 0.4) is 0 Å². The van der Waals surface area contributed by atoms with E-state index in [0.29, 0.717) is 23.4 Å². The van der Waals surface area contributed by atoms with Crippen LogP contribution in [0.15, 0.2) is 17.1 Å². The van der Waals surface area contributed by atoms with Gasteiger partial charge in [0.15, 0.2) is 5.65 Å². The van der Waals surface area contributed by atoms with E-state index in [1.807, 2.05) is 0 Å². The van der Waals surface area contributed by atoms with Crippen molar-refractivity contribution < 1.29 is 4.79 Å². The molecule has 2 rings (SSSR count). The van der Waals surface area contributed by atoms with Gasteiger partial charge in [-0.2, -0.15) is 0 Å². The van der Waals surface area contributed by atoms with Crippen molar-refractivity contribution >= 4 is 11.6 Å². The molecule has 19 heavy (non-hydrogen) atoms. The molecule has 0 radical (unpaired) electrons. The average molecular weight is 262 g/mol. The van der Waals surface area contributed by atoms with Gasteiger partial charge in [-0.1, -0.05) is 13.3 Å². The predicted molar refractivity (Wildman–Crippen MR) is 72.4 cm³/mol. The molecular weight excluding hydrogens is 244 g/mol. The predicted octanol–water partition coefficient (Wildman–Crippen LogP) is 1.20. The van der Waals surface area contributed by atoms with E-state index in [0.717, 1.165) is 12.8 Å². The fraction of sp³-hybridized carbons (Fsp3) is 0.462. The Bertz CT molecular complexity index is 656. The molecule has 2 heterocycles. The Morgan fingerprint density at radius 2 is 2.26 bits per heavy atom. The molecule has 0 bridgehead atoms. The summed E-state index contributed by atoms with van der Waals surface area (Å²) < 4.78 is 1.29. The van der Waals surface area contributed by atoms with Gasteiger partial charge in [0.25, 0.3) is 11.5 Å². The van der Waals surface area contributed by atoms with Gasteiger partial charge in [0, 0.05) is 31.5 Å². The third-order valence-electron chi connectivity index (χ3n) is 3.05. The summed E-state index contributed by atoms with van der Waals surface area (Å²) in [6.07, 6.45) is 3.52. The minimum absolute atomic E-state index is 0.121. The smallest absolute Gasteiger partial charge is 0.272 e. The molecule has 0 aliphatic rings. The highest BCUT2D eigenvalue weighted by atomic mass is 16.2. The first-order valence-electron chi connectivity index (χ1n) is 6.38. The zero-order valence-electron chi connectivity index (χ0n) is 11.4. The lowest BCUT2D eigenvalue weighted by Gasteiger charge is -2.15. The molecule has 6 heteroatoms. The number of aryl methyl sites for hydroxylation is 1. The molecule has 0 aromatic carbocycles. The molecule has 0 unspecified atom stereocenters. The lowest BCUT2D eigenvalue weighted by Crippen LogP contribution is -2.28. The number of amides is 1. The van der Waals surface area contributed by atoms with Crippen LogP contribution in [-0.4, -0.2) is 39.0 Å². The van der Waals surface area contributed by atoms with Crippen molar-refractivity contribution in [1.29, 1.82) is 0 Å². The number of carbonyl (C=O) groups is 1. The van der Waals surface area contributed by atoms with Crippen molar-refractivity contribution in [3.05, 3.63) is 33.9 Å². The maximum Gasteiger partial charge on any atom is 0.272 e. The largest absolute Gasteiger partial charge is 0.342 e. The van der Waals surface area contributed by atoms with Gasteiger partial charge in [-0.25, -0.2) is 9.50 Å². The van der Waals surface area contributed by atoms with E-state index in [-0.39, 0.29) is 11.5 Å². The highest BCUT2D eigenvalue weighted by Gasteiger charge is 2.18. The third-order valence-corrected chi connectivity index (χ3v) is 3.05. The lowest BCUT2D eigenvalue weighted by molar-refractivity contribution is 0.0795. The molecular formula is C13H18N4O2. The normalized spacial score (nSPS) is 10.9. The number of aromatic amines is 1. The molecule has 0 saturated carbocycles. The summed E-state index contributed by atoms with van der Waals surface area (Å²) in [6, 6.07) is 1.43. The highest BCUT2D eigenvalue weighted by molar-refractivity contribution is 5.99. The summed E-state index contributed by atoms with van der Waals surface area (Å²) in [5.41, 5.74) is 1.21. The van der Waals surface area contributed by atoms with Gasteiger partial charge in [0.05, 0.1) is 0 Å². The summed E-state index contributed by atoms with van der Waals surface area (Å²) in [5, 5.41) is 2.77. The molecule has 0 aliphatic heterocycles. The Kier molecular flexibility index (Phi) is 3.69. The van der Waals surface area contributed by atoms with Gasteiger partial charge < -0.3 is 4.90 Å². The van der Waals surface area contributed by atoms with E-state index >= 15 is 0 Å².